The lowest BCUT2D eigenvalue weighted by Crippen LogP contribution is -2.13. The van der Waals surface area contributed by atoms with Crippen molar-refractivity contribution in [3.63, 3.8) is 0 Å². The quantitative estimate of drug-likeness (QED) is 0.610. The molecule has 0 unspecified atom stereocenters. The van der Waals surface area contributed by atoms with Gasteiger partial charge in [0.2, 0.25) is 0 Å². The second-order valence-corrected chi connectivity index (χ2v) is 2.66. The molecule has 1 heterocycles. The van der Waals surface area contributed by atoms with Crippen molar-refractivity contribution in [3.8, 4) is 6.07 Å². The van der Waals surface area contributed by atoms with Gasteiger partial charge in [0, 0.05) is 14.1 Å². The zero-order chi connectivity index (χ0) is 9.14. The summed E-state index contributed by atoms with van der Waals surface area (Å²) in [5.74, 6) is 1.35. The maximum atomic E-state index is 8.70. The topological polar surface area (TPSA) is 52.8 Å². The number of rotatable bonds is 1. The van der Waals surface area contributed by atoms with Crippen LogP contribution in [-0.2, 0) is 0 Å². The van der Waals surface area contributed by atoms with E-state index in [4.69, 9.17) is 5.26 Å². The van der Waals surface area contributed by atoms with Gasteiger partial charge in [-0.1, -0.05) is 0 Å². The molecule has 62 valence electrons. The molecule has 0 aliphatic heterocycles. The van der Waals surface area contributed by atoms with Crippen molar-refractivity contribution in [1.29, 1.82) is 5.26 Å². The Morgan fingerprint density at radius 1 is 1.50 bits per heavy atom. The van der Waals surface area contributed by atoms with Crippen LogP contribution in [0.4, 0.5) is 5.82 Å². The third kappa shape index (κ3) is 1.51. The highest BCUT2D eigenvalue weighted by molar-refractivity contribution is 5.51. The molecule has 12 heavy (non-hydrogen) atoms. The number of aryl methyl sites for hydroxylation is 1. The van der Waals surface area contributed by atoms with Gasteiger partial charge >= 0.3 is 0 Å². The molecule has 0 aliphatic carbocycles. The molecule has 0 saturated heterocycles. The molecule has 0 saturated carbocycles. The van der Waals surface area contributed by atoms with Crippen LogP contribution in [0.25, 0.3) is 0 Å². The van der Waals surface area contributed by atoms with Gasteiger partial charge in [-0.2, -0.15) is 5.26 Å². The van der Waals surface area contributed by atoms with E-state index in [1.807, 2.05) is 20.2 Å². The molecule has 1 aromatic rings. The fourth-order valence-corrected chi connectivity index (χ4v) is 0.878. The van der Waals surface area contributed by atoms with E-state index < -0.39 is 0 Å². The highest BCUT2D eigenvalue weighted by atomic mass is 15.1. The van der Waals surface area contributed by atoms with Crippen molar-refractivity contribution in [3.05, 3.63) is 17.6 Å². The van der Waals surface area contributed by atoms with E-state index in [0.29, 0.717) is 17.2 Å². The second kappa shape index (κ2) is 3.18. The first kappa shape index (κ1) is 8.47. The van der Waals surface area contributed by atoms with Gasteiger partial charge in [0.1, 0.15) is 23.3 Å². The summed E-state index contributed by atoms with van der Waals surface area (Å²) in [4.78, 5) is 9.87. The first-order valence-corrected chi connectivity index (χ1v) is 3.56. The van der Waals surface area contributed by atoms with Crippen molar-refractivity contribution in [2.24, 2.45) is 0 Å². The zero-order valence-corrected chi connectivity index (χ0v) is 7.37. The molecular weight excluding hydrogens is 152 g/mol. The van der Waals surface area contributed by atoms with Gasteiger partial charge in [0.25, 0.3) is 0 Å². The van der Waals surface area contributed by atoms with Gasteiger partial charge in [-0.15, -0.1) is 0 Å². The Labute approximate surface area is 71.5 Å². The Kier molecular flexibility index (Phi) is 2.24. The number of hydrogen-bond donors (Lipinski definition) is 0. The van der Waals surface area contributed by atoms with Crippen LogP contribution in [0.1, 0.15) is 11.4 Å². The van der Waals surface area contributed by atoms with E-state index in [9.17, 15) is 0 Å². The fourth-order valence-electron chi connectivity index (χ4n) is 0.878. The lowest BCUT2D eigenvalue weighted by atomic mass is 10.3. The summed E-state index contributed by atoms with van der Waals surface area (Å²) in [5.41, 5.74) is 0.505. The summed E-state index contributed by atoms with van der Waals surface area (Å²) in [7, 11) is 3.70. The normalized spacial score (nSPS) is 9.17. The van der Waals surface area contributed by atoms with E-state index in [0.717, 1.165) is 0 Å². The number of nitriles is 1. The highest BCUT2D eigenvalue weighted by Gasteiger charge is 2.05. The first-order chi connectivity index (χ1) is 5.65. The van der Waals surface area contributed by atoms with Gasteiger partial charge in [0.15, 0.2) is 0 Å². The molecule has 0 fully saturated rings. The Balaban J connectivity index is 3.24. The van der Waals surface area contributed by atoms with Crippen LogP contribution in [0.5, 0.6) is 0 Å². The lowest BCUT2D eigenvalue weighted by Gasteiger charge is -2.12. The van der Waals surface area contributed by atoms with Crippen molar-refractivity contribution >= 4 is 5.82 Å². The first-order valence-electron chi connectivity index (χ1n) is 3.56. The average molecular weight is 162 g/mol. The van der Waals surface area contributed by atoms with Gasteiger partial charge < -0.3 is 4.90 Å². The number of hydrogen-bond acceptors (Lipinski definition) is 4. The minimum atomic E-state index is 0.505. The predicted molar refractivity (Wildman–Crippen MR) is 45.8 cm³/mol. The van der Waals surface area contributed by atoms with Gasteiger partial charge in [-0.25, -0.2) is 9.97 Å². The average Bonchev–Trinajstić information content (AvgIpc) is 2.04. The second-order valence-electron chi connectivity index (χ2n) is 2.66. The van der Waals surface area contributed by atoms with Gasteiger partial charge in [-0.05, 0) is 6.92 Å². The summed E-state index contributed by atoms with van der Waals surface area (Å²) < 4.78 is 0. The largest absolute Gasteiger partial charge is 0.362 e. The molecule has 1 aromatic heterocycles. The Bertz CT molecular complexity index is 324. The highest BCUT2D eigenvalue weighted by Crippen LogP contribution is 2.12. The molecule has 0 N–H and O–H groups in total. The molecule has 0 radical (unpaired) electrons. The van der Waals surface area contributed by atoms with Crippen molar-refractivity contribution in [2.45, 2.75) is 6.92 Å². The Hall–Kier alpha value is -1.63. The van der Waals surface area contributed by atoms with E-state index in [1.165, 1.54) is 6.20 Å². The number of aromatic nitrogens is 2. The maximum Gasteiger partial charge on any atom is 0.149 e. The lowest BCUT2D eigenvalue weighted by molar-refractivity contribution is 0.980. The molecule has 0 aromatic carbocycles. The molecule has 4 heteroatoms. The van der Waals surface area contributed by atoms with Gasteiger partial charge in [-0.3, -0.25) is 0 Å². The minimum Gasteiger partial charge on any atom is -0.362 e. The monoisotopic (exact) mass is 162 g/mol. The van der Waals surface area contributed by atoms with Crippen molar-refractivity contribution in [1.82, 2.24) is 9.97 Å². The molecule has 0 atom stereocenters. The molecule has 0 spiro atoms. The summed E-state index contributed by atoms with van der Waals surface area (Å²) >= 11 is 0. The van der Waals surface area contributed by atoms with Crippen LogP contribution >= 0.6 is 0 Å². The molecule has 4 nitrogen and oxygen atoms in total. The van der Waals surface area contributed by atoms with Crippen LogP contribution < -0.4 is 4.90 Å². The summed E-state index contributed by atoms with van der Waals surface area (Å²) in [6.07, 6.45) is 1.54. The van der Waals surface area contributed by atoms with E-state index >= 15 is 0 Å². The van der Waals surface area contributed by atoms with Crippen molar-refractivity contribution < 1.29 is 0 Å². The molecule has 0 bridgehead atoms. The predicted octanol–water partition coefficient (Wildman–Crippen LogP) is 0.723. The summed E-state index contributed by atoms with van der Waals surface area (Å²) in [6.45, 7) is 1.80. The Morgan fingerprint density at radius 3 is 2.67 bits per heavy atom. The smallest absolute Gasteiger partial charge is 0.149 e. The summed E-state index contributed by atoms with van der Waals surface area (Å²) in [6, 6.07) is 2.04. The van der Waals surface area contributed by atoms with E-state index in [-0.39, 0.29) is 0 Å². The molecular formula is C8H10N4. The zero-order valence-electron chi connectivity index (χ0n) is 7.37. The van der Waals surface area contributed by atoms with E-state index in [1.54, 1.807) is 11.8 Å². The fraction of sp³-hybridized carbons (Fsp3) is 0.375. The standard InChI is InChI=1S/C8H10N4/c1-6-10-5-7(4-9)8(11-6)12(2)3/h5H,1-3H3. The number of anilines is 1. The Morgan fingerprint density at radius 2 is 2.17 bits per heavy atom. The van der Waals surface area contributed by atoms with Crippen LogP contribution in [-0.4, -0.2) is 24.1 Å². The van der Waals surface area contributed by atoms with Crippen LogP contribution in [0.2, 0.25) is 0 Å². The van der Waals surface area contributed by atoms with E-state index in [2.05, 4.69) is 9.97 Å². The van der Waals surface area contributed by atoms with Crippen LogP contribution in [0, 0.1) is 18.3 Å². The third-order valence-corrected chi connectivity index (χ3v) is 1.43. The number of nitrogens with zero attached hydrogens (tertiary/aromatic N) is 4. The summed E-state index contributed by atoms with van der Waals surface area (Å²) in [5, 5.41) is 8.70. The van der Waals surface area contributed by atoms with Crippen LogP contribution in [0.15, 0.2) is 6.20 Å². The van der Waals surface area contributed by atoms with Crippen molar-refractivity contribution in [2.75, 3.05) is 19.0 Å². The third-order valence-electron chi connectivity index (χ3n) is 1.43. The minimum absolute atomic E-state index is 0.505. The molecule has 1 rings (SSSR count). The SMILES string of the molecule is Cc1ncc(C#N)c(N(C)C)n1. The maximum absolute atomic E-state index is 8.70. The molecule has 0 amide bonds. The van der Waals surface area contributed by atoms with Crippen LogP contribution in [0.3, 0.4) is 0 Å². The van der Waals surface area contributed by atoms with Gasteiger partial charge in [0.05, 0.1) is 6.20 Å². The molecule has 0 aliphatic rings.